The van der Waals surface area contributed by atoms with E-state index in [-0.39, 0.29) is 5.75 Å². The number of thioether (sulfide) groups is 1. The zero-order valence-corrected chi connectivity index (χ0v) is 12.9. The Bertz CT molecular complexity index is 625. The first-order chi connectivity index (χ1) is 10.2. The molecule has 0 amide bonds. The van der Waals surface area contributed by atoms with Crippen molar-refractivity contribution in [2.45, 2.75) is 25.1 Å². The van der Waals surface area contributed by atoms with Gasteiger partial charge >= 0.3 is 5.97 Å². The van der Waals surface area contributed by atoms with Gasteiger partial charge in [0.25, 0.3) is 0 Å². The first-order valence-electron chi connectivity index (χ1n) is 6.65. The van der Waals surface area contributed by atoms with E-state index < -0.39 is 5.97 Å². The second kappa shape index (κ2) is 7.28. The number of hydrogen-bond donors (Lipinski definition) is 1. The van der Waals surface area contributed by atoms with Crippen LogP contribution in [0.2, 0.25) is 0 Å². The number of para-hydroxylation sites is 1. The summed E-state index contributed by atoms with van der Waals surface area (Å²) in [6.07, 6.45) is 2.62. The van der Waals surface area contributed by atoms with E-state index in [9.17, 15) is 4.79 Å². The van der Waals surface area contributed by atoms with Crippen LogP contribution in [0.5, 0.6) is 0 Å². The molecule has 0 aliphatic heterocycles. The number of aliphatic carboxylic acids is 1. The fourth-order valence-electron chi connectivity index (χ4n) is 2.11. The number of carboxylic acids is 1. The molecule has 6 heteroatoms. The summed E-state index contributed by atoms with van der Waals surface area (Å²) in [6, 6.07) is 7.92. The summed E-state index contributed by atoms with van der Waals surface area (Å²) in [5, 5.41) is 9.55. The number of aromatic nitrogens is 2. The van der Waals surface area contributed by atoms with Gasteiger partial charge in [0, 0.05) is 24.6 Å². The van der Waals surface area contributed by atoms with Gasteiger partial charge in [0.05, 0.1) is 18.0 Å². The quantitative estimate of drug-likeness (QED) is 0.797. The summed E-state index contributed by atoms with van der Waals surface area (Å²) in [7, 11) is 1.66. The molecule has 0 saturated heterocycles. The van der Waals surface area contributed by atoms with E-state index in [0.717, 1.165) is 23.4 Å². The fraction of sp³-hybridized carbons (Fsp3) is 0.333. The minimum Gasteiger partial charge on any atom is -0.481 e. The van der Waals surface area contributed by atoms with Crippen molar-refractivity contribution in [2.75, 3.05) is 12.9 Å². The number of ether oxygens (including phenoxy) is 1. The Morgan fingerprint density at radius 1 is 1.43 bits per heavy atom. The first-order valence-corrected chi connectivity index (χ1v) is 7.64. The van der Waals surface area contributed by atoms with Crippen LogP contribution in [0, 0.1) is 0 Å². The Morgan fingerprint density at radius 2 is 2.19 bits per heavy atom. The maximum atomic E-state index is 10.8. The van der Waals surface area contributed by atoms with Gasteiger partial charge in [-0.2, -0.15) is 0 Å². The van der Waals surface area contributed by atoms with Crippen LogP contribution in [0.3, 0.4) is 0 Å². The van der Waals surface area contributed by atoms with E-state index in [0.29, 0.717) is 11.8 Å². The van der Waals surface area contributed by atoms with Crippen molar-refractivity contribution in [1.29, 1.82) is 0 Å². The van der Waals surface area contributed by atoms with Gasteiger partial charge in [0.1, 0.15) is 0 Å². The van der Waals surface area contributed by atoms with Gasteiger partial charge in [-0.3, -0.25) is 9.36 Å². The topological polar surface area (TPSA) is 64.3 Å². The number of imidazole rings is 1. The lowest BCUT2D eigenvalue weighted by atomic mass is 10.2. The standard InChI is InChI=1S/C15H18N2O3S/c1-3-12-8-16-15(21-10-14(18)19)17(12)13-7-5-4-6-11(13)9-20-2/h4-8H,3,9-10H2,1-2H3,(H,18,19). The monoisotopic (exact) mass is 306 g/mol. The van der Waals surface area contributed by atoms with Crippen LogP contribution < -0.4 is 0 Å². The van der Waals surface area contributed by atoms with E-state index in [1.54, 1.807) is 13.3 Å². The largest absolute Gasteiger partial charge is 0.481 e. The SMILES string of the molecule is CCc1cnc(SCC(=O)O)n1-c1ccccc1COC. The van der Waals surface area contributed by atoms with Crippen LogP contribution in [0.4, 0.5) is 0 Å². The minimum atomic E-state index is -0.849. The zero-order chi connectivity index (χ0) is 15.2. The summed E-state index contributed by atoms with van der Waals surface area (Å²) in [5.74, 6) is -0.857. The lowest BCUT2D eigenvalue weighted by Crippen LogP contribution is -2.07. The highest BCUT2D eigenvalue weighted by Gasteiger charge is 2.15. The van der Waals surface area contributed by atoms with Crippen molar-refractivity contribution >= 4 is 17.7 Å². The third-order valence-electron chi connectivity index (χ3n) is 3.02. The molecule has 21 heavy (non-hydrogen) atoms. The van der Waals surface area contributed by atoms with Crippen LogP contribution in [-0.2, 0) is 22.6 Å². The second-order valence-corrected chi connectivity index (χ2v) is 5.41. The number of carbonyl (C=O) groups is 1. The number of benzene rings is 1. The van der Waals surface area contributed by atoms with E-state index >= 15 is 0 Å². The molecule has 2 aromatic rings. The molecule has 0 unspecified atom stereocenters. The number of carboxylic acid groups (broad SMARTS) is 1. The Hall–Kier alpha value is -1.79. The van der Waals surface area contributed by atoms with Crippen LogP contribution in [0.25, 0.3) is 5.69 Å². The molecule has 1 heterocycles. The number of aryl methyl sites for hydroxylation is 1. The van der Waals surface area contributed by atoms with Crippen molar-refractivity contribution in [1.82, 2.24) is 9.55 Å². The van der Waals surface area contributed by atoms with Crippen LogP contribution in [0.15, 0.2) is 35.6 Å². The van der Waals surface area contributed by atoms with Crippen molar-refractivity contribution < 1.29 is 14.6 Å². The van der Waals surface area contributed by atoms with Crippen molar-refractivity contribution in [3.8, 4) is 5.69 Å². The van der Waals surface area contributed by atoms with Crippen molar-refractivity contribution in [2.24, 2.45) is 0 Å². The second-order valence-electron chi connectivity index (χ2n) is 4.47. The Kier molecular flexibility index (Phi) is 5.41. The maximum absolute atomic E-state index is 10.8. The molecule has 0 atom stereocenters. The first kappa shape index (κ1) is 15.6. The zero-order valence-electron chi connectivity index (χ0n) is 12.1. The van der Waals surface area contributed by atoms with E-state index in [1.807, 2.05) is 28.8 Å². The van der Waals surface area contributed by atoms with E-state index in [4.69, 9.17) is 9.84 Å². The van der Waals surface area contributed by atoms with E-state index in [1.165, 1.54) is 11.8 Å². The molecule has 5 nitrogen and oxygen atoms in total. The van der Waals surface area contributed by atoms with Crippen LogP contribution in [0.1, 0.15) is 18.2 Å². The Balaban J connectivity index is 2.46. The fourth-order valence-corrected chi connectivity index (χ4v) is 2.83. The highest BCUT2D eigenvalue weighted by atomic mass is 32.2. The van der Waals surface area contributed by atoms with Gasteiger partial charge in [0.2, 0.25) is 0 Å². The lowest BCUT2D eigenvalue weighted by Gasteiger charge is -2.14. The Morgan fingerprint density at radius 3 is 2.86 bits per heavy atom. The average molecular weight is 306 g/mol. The van der Waals surface area contributed by atoms with Gasteiger partial charge in [-0.25, -0.2) is 4.98 Å². The third-order valence-corrected chi connectivity index (χ3v) is 3.96. The van der Waals surface area contributed by atoms with Crippen LogP contribution >= 0.6 is 11.8 Å². The molecule has 0 aliphatic carbocycles. The molecular weight excluding hydrogens is 288 g/mol. The smallest absolute Gasteiger partial charge is 0.313 e. The molecule has 0 radical (unpaired) electrons. The molecular formula is C15H18N2O3S. The summed E-state index contributed by atoms with van der Waals surface area (Å²) < 4.78 is 7.26. The summed E-state index contributed by atoms with van der Waals surface area (Å²) in [5.41, 5.74) is 3.08. The molecule has 1 aromatic carbocycles. The number of hydrogen-bond acceptors (Lipinski definition) is 4. The number of nitrogens with zero attached hydrogens (tertiary/aromatic N) is 2. The van der Waals surface area contributed by atoms with Gasteiger partial charge < -0.3 is 9.84 Å². The molecule has 0 bridgehead atoms. The molecule has 0 spiro atoms. The van der Waals surface area contributed by atoms with Crippen molar-refractivity contribution in [3.05, 3.63) is 41.7 Å². The maximum Gasteiger partial charge on any atom is 0.313 e. The Labute approximate surface area is 128 Å². The number of methoxy groups -OCH3 is 1. The summed E-state index contributed by atoms with van der Waals surface area (Å²) in [4.78, 5) is 15.1. The average Bonchev–Trinajstić information content (AvgIpc) is 2.89. The lowest BCUT2D eigenvalue weighted by molar-refractivity contribution is -0.133. The minimum absolute atomic E-state index is 0.00733. The van der Waals surface area contributed by atoms with Gasteiger partial charge in [-0.05, 0) is 12.5 Å². The molecule has 1 N–H and O–H groups in total. The summed E-state index contributed by atoms with van der Waals surface area (Å²) >= 11 is 1.22. The van der Waals surface area contributed by atoms with E-state index in [2.05, 4.69) is 11.9 Å². The molecule has 2 rings (SSSR count). The molecule has 0 fully saturated rings. The summed E-state index contributed by atoms with van der Waals surface area (Å²) in [6.45, 7) is 2.55. The normalized spacial score (nSPS) is 10.8. The van der Waals surface area contributed by atoms with Gasteiger partial charge in [-0.15, -0.1) is 0 Å². The highest BCUT2D eigenvalue weighted by Crippen LogP contribution is 2.26. The molecule has 112 valence electrons. The van der Waals surface area contributed by atoms with Gasteiger partial charge in [-0.1, -0.05) is 36.9 Å². The molecule has 0 saturated carbocycles. The number of rotatable bonds is 7. The van der Waals surface area contributed by atoms with Gasteiger partial charge in [0.15, 0.2) is 5.16 Å². The highest BCUT2D eigenvalue weighted by molar-refractivity contribution is 7.99. The predicted molar refractivity (Wildman–Crippen MR) is 82.0 cm³/mol. The molecule has 1 aromatic heterocycles. The molecule has 0 aliphatic rings. The van der Waals surface area contributed by atoms with Crippen LogP contribution in [-0.4, -0.2) is 33.5 Å². The predicted octanol–water partition coefficient (Wildman–Crippen LogP) is 2.76. The van der Waals surface area contributed by atoms with Crippen molar-refractivity contribution in [3.63, 3.8) is 0 Å². The third kappa shape index (κ3) is 3.65.